The summed E-state index contributed by atoms with van der Waals surface area (Å²) in [5.74, 6) is 2.02. The van der Waals surface area contributed by atoms with Crippen molar-refractivity contribution in [1.29, 1.82) is 0 Å². The quantitative estimate of drug-likeness (QED) is 0.886. The third-order valence-electron chi connectivity index (χ3n) is 4.66. The van der Waals surface area contributed by atoms with Crippen molar-refractivity contribution < 1.29 is 19.0 Å². The highest BCUT2D eigenvalue weighted by Crippen LogP contribution is 2.36. The van der Waals surface area contributed by atoms with Gasteiger partial charge in [0.15, 0.2) is 17.2 Å². The molecule has 2 aromatic rings. The van der Waals surface area contributed by atoms with Gasteiger partial charge in [0.25, 0.3) is 5.91 Å². The number of amides is 1. The molecule has 1 aromatic heterocycles. The lowest BCUT2D eigenvalue weighted by Crippen LogP contribution is -2.40. The number of nitrogens with zero attached hydrogens (tertiary/aromatic N) is 2. The van der Waals surface area contributed by atoms with E-state index in [1.165, 1.54) is 4.68 Å². The molecule has 7 nitrogen and oxygen atoms in total. The summed E-state index contributed by atoms with van der Waals surface area (Å²) in [4.78, 5) is 12.3. The zero-order valence-corrected chi connectivity index (χ0v) is 15.2. The van der Waals surface area contributed by atoms with Gasteiger partial charge in [-0.2, -0.15) is 5.10 Å². The molecular weight excluding hydrogens is 358 g/mol. The van der Waals surface area contributed by atoms with Crippen LogP contribution in [0.3, 0.4) is 0 Å². The molecule has 1 amide bonds. The van der Waals surface area contributed by atoms with Crippen LogP contribution in [0.1, 0.15) is 36.2 Å². The average molecular weight is 378 g/mol. The number of hydrogen-bond donors (Lipinski definition) is 1. The molecule has 0 saturated heterocycles. The van der Waals surface area contributed by atoms with Crippen molar-refractivity contribution in [3.63, 3.8) is 0 Å². The number of aromatic nitrogens is 2. The van der Waals surface area contributed by atoms with Gasteiger partial charge in [-0.1, -0.05) is 11.6 Å². The average Bonchev–Trinajstić information content (AvgIpc) is 3.22. The Morgan fingerprint density at radius 3 is 2.77 bits per heavy atom. The molecule has 1 aliphatic heterocycles. The number of carbonyl (C=O) groups is 1. The Morgan fingerprint density at radius 1 is 1.27 bits per heavy atom. The van der Waals surface area contributed by atoms with Gasteiger partial charge in [0.2, 0.25) is 6.79 Å². The second-order valence-electron chi connectivity index (χ2n) is 6.58. The van der Waals surface area contributed by atoms with Crippen LogP contribution in [0.4, 0.5) is 0 Å². The highest BCUT2D eigenvalue weighted by atomic mass is 35.5. The molecule has 1 aliphatic carbocycles. The number of hydrogen-bond acceptors (Lipinski definition) is 5. The van der Waals surface area contributed by atoms with E-state index in [-0.39, 0.29) is 30.5 Å². The molecule has 138 valence electrons. The second kappa shape index (κ2) is 7.07. The first kappa shape index (κ1) is 17.0. The highest BCUT2D eigenvalue weighted by Gasteiger charge is 2.26. The molecule has 1 fully saturated rings. The number of benzene rings is 1. The highest BCUT2D eigenvalue weighted by molar-refractivity contribution is 6.33. The summed E-state index contributed by atoms with van der Waals surface area (Å²) < 4.78 is 18.3. The van der Waals surface area contributed by atoms with Crippen LogP contribution in [0.15, 0.2) is 24.4 Å². The number of carbonyl (C=O) groups excluding carboxylic acids is 1. The van der Waals surface area contributed by atoms with Crippen molar-refractivity contribution in [3.8, 4) is 17.2 Å². The minimum Gasteiger partial charge on any atom is -0.490 e. The summed E-state index contributed by atoms with van der Waals surface area (Å²) >= 11 is 6.03. The van der Waals surface area contributed by atoms with E-state index in [9.17, 15) is 4.79 Å². The molecule has 0 unspecified atom stereocenters. The Balaban J connectivity index is 1.29. The molecule has 26 heavy (non-hydrogen) atoms. The third kappa shape index (κ3) is 3.58. The van der Waals surface area contributed by atoms with Crippen LogP contribution in [0.2, 0.25) is 5.02 Å². The summed E-state index contributed by atoms with van der Waals surface area (Å²) in [6, 6.07) is 5.72. The molecule has 0 bridgehead atoms. The van der Waals surface area contributed by atoms with Crippen molar-refractivity contribution >= 4 is 17.5 Å². The molecular formula is C18H20ClN3O4. The van der Waals surface area contributed by atoms with Gasteiger partial charge in [-0.3, -0.25) is 9.48 Å². The Morgan fingerprint density at radius 2 is 2.04 bits per heavy atom. The van der Waals surface area contributed by atoms with Gasteiger partial charge in [0.05, 0.1) is 11.1 Å². The molecule has 1 N–H and O–H groups in total. The minimum atomic E-state index is -0.226. The van der Waals surface area contributed by atoms with Crippen LogP contribution in [0.25, 0.3) is 0 Å². The second-order valence-corrected chi connectivity index (χ2v) is 6.99. The number of aryl methyl sites for hydroxylation is 1. The molecule has 8 heteroatoms. The van der Waals surface area contributed by atoms with Crippen molar-refractivity contribution in [1.82, 2.24) is 15.1 Å². The minimum absolute atomic E-state index is 0.108. The fourth-order valence-corrected chi connectivity index (χ4v) is 3.60. The molecule has 0 spiro atoms. The van der Waals surface area contributed by atoms with Gasteiger partial charge in [-0.05, 0) is 37.8 Å². The Labute approximate surface area is 156 Å². The Bertz CT molecular complexity index is 815. The predicted octanol–water partition coefficient (Wildman–Crippen LogP) is 2.92. The van der Waals surface area contributed by atoms with Crippen LogP contribution in [-0.2, 0) is 7.05 Å². The Kier molecular flexibility index (Phi) is 4.63. The number of rotatable bonds is 4. The summed E-state index contributed by atoms with van der Waals surface area (Å²) in [5, 5.41) is 7.48. The number of halogens is 1. The largest absolute Gasteiger partial charge is 0.490 e. The lowest BCUT2D eigenvalue weighted by atomic mass is 9.93. The molecule has 0 radical (unpaired) electrons. The lowest BCUT2D eigenvalue weighted by molar-refractivity contribution is 0.0888. The number of ether oxygens (including phenoxy) is 3. The van der Waals surface area contributed by atoms with E-state index in [1.54, 1.807) is 13.2 Å². The fourth-order valence-electron chi connectivity index (χ4n) is 3.33. The van der Waals surface area contributed by atoms with Crippen LogP contribution in [-0.4, -0.2) is 34.6 Å². The van der Waals surface area contributed by atoms with E-state index in [0.717, 1.165) is 42.9 Å². The Hall–Kier alpha value is -2.41. The van der Waals surface area contributed by atoms with Gasteiger partial charge in [-0.25, -0.2) is 0 Å². The molecule has 0 atom stereocenters. The molecule has 4 rings (SSSR count). The molecule has 1 aromatic carbocycles. The lowest BCUT2D eigenvalue weighted by Gasteiger charge is -2.29. The third-order valence-corrected chi connectivity index (χ3v) is 4.93. The molecule has 2 aliphatic rings. The topological polar surface area (TPSA) is 74.6 Å². The first-order valence-electron chi connectivity index (χ1n) is 8.65. The maximum atomic E-state index is 12.3. The van der Waals surface area contributed by atoms with E-state index in [0.29, 0.717) is 5.02 Å². The standard InChI is InChI=1S/C18H20ClN3O4/c1-22-9-14(19)17(21-22)18(23)20-11-2-4-12(5-3-11)26-13-6-7-15-16(8-13)25-10-24-15/h6-9,11-12H,2-5,10H2,1H3,(H,20,23). The monoisotopic (exact) mass is 377 g/mol. The maximum absolute atomic E-state index is 12.3. The zero-order chi connectivity index (χ0) is 18.1. The van der Waals surface area contributed by atoms with Gasteiger partial charge in [0, 0.05) is 25.4 Å². The molecule has 1 saturated carbocycles. The van der Waals surface area contributed by atoms with Crippen LogP contribution in [0.5, 0.6) is 17.2 Å². The summed E-state index contributed by atoms with van der Waals surface area (Å²) in [6.07, 6.45) is 5.19. The SMILES string of the molecule is Cn1cc(Cl)c(C(=O)NC2CCC(Oc3ccc4c(c3)OCO4)CC2)n1. The summed E-state index contributed by atoms with van der Waals surface area (Å²) in [6.45, 7) is 0.254. The predicted molar refractivity (Wildman–Crippen MR) is 94.9 cm³/mol. The van der Waals surface area contributed by atoms with Gasteiger partial charge in [-0.15, -0.1) is 0 Å². The first-order valence-corrected chi connectivity index (χ1v) is 9.02. The summed E-state index contributed by atoms with van der Waals surface area (Å²) in [7, 11) is 1.74. The zero-order valence-electron chi connectivity index (χ0n) is 14.4. The first-order chi connectivity index (χ1) is 12.6. The van der Waals surface area contributed by atoms with Crippen molar-refractivity contribution in [3.05, 3.63) is 35.1 Å². The summed E-state index contributed by atoms with van der Waals surface area (Å²) in [5.41, 5.74) is 0.271. The van der Waals surface area contributed by atoms with Crippen LogP contribution >= 0.6 is 11.6 Å². The van der Waals surface area contributed by atoms with Crippen LogP contribution in [0, 0.1) is 0 Å². The van der Waals surface area contributed by atoms with E-state index in [2.05, 4.69) is 10.4 Å². The maximum Gasteiger partial charge on any atom is 0.273 e. The van der Waals surface area contributed by atoms with Gasteiger partial charge < -0.3 is 19.5 Å². The van der Waals surface area contributed by atoms with E-state index >= 15 is 0 Å². The van der Waals surface area contributed by atoms with Crippen LogP contribution < -0.4 is 19.5 Å². The smallest absolute Gasteiger partial charge is 0.273 e. The fraction of sp³-hybridized carbons (Fsp3) is 0.444. The van der Waals surface area contributed by atoms with Gasteiger partial charge >= 0.3 is 0 Å². The van der Waals surface area contributed by atoms with E-state index < -0.39 is 0 Å². The number of nitrogens with one attached hydrogen (secondary N) is 1. The van der Waals surface area contributed by atoms with E-state index in [4.69, 9.17) is 25.8 Å². The normalized spacial score (nSPS) is 21.5. The van der Waals surface area contributed by atoms with Crippen molar-refractivity contribution in [2.75, 3.05) is 6.79 Å². The molecule has 2 heterocycles. The van der Waals surface area contributed by atoms with Gasteiger partial charge in [0.1, 0.15) is 5.75 Å². The number of fused-ring (bicyclic) bond motifs is 1. The van der Waals surface area contributed by atoms with Crippen molar-refractivity contribution in [2.45, 2.75) is 37.8 Å². The van der Waals surface area contributed by atoms with Crippen molar-refractivity contribution in [2.24, 2.45) is 7.05 Å². The van der Waals surface area contributed by atoms with E-state index in [1.807, 2.05) is 18.2 Å².